The Morgan fingerprint density at radius 2 is 2.06 bits per heavy atom. The fourth-order valence-electron chi connectivity index (χ4n) is 1.16. The molecule has 17 heavy (non-hydrogen) atoms. The molecule has 1 amide bonds. The van der Waals surface area contributed by atoms with E-state index in [4.69, 9.17) is 17.3 Å². The predicted octanol–water partition coefficient (Wildman–Crippen LogP) is 0.291. The number of carbonyl (C=O) groups is 1. The second kappa shape index (κ2) is 5.13. The number of rotatable bonds is 4. The summed E-state index contributed by atoms with van der Waals surface area (Å²) in [4.78, 5) is 22.9. The number of amides is 1. The largest absolute Gasteiger partial charge is 0.368 e. The number of anilines is 2. The van der Waals surface area contributed by atoms with Gasteiger partial charge in [-0.2, -0.15) is 15.0 Å². The lowest BCUT2D eigenvalue weighted by molar-refractivity contribution is -0.128. The van der Waals surface area contributed by atoms with E-state index in [2.05, 4.69) is 25.6 Å². The van der Waals surface area contributed by atoms with Crippen molar-refractivity contribution in [2.45, 2.75) is 13.8 Å². The van der Waals surface area contributed by atoms with Crippen LogP contribution < -0.4 is 16.4 Å². The highest BCUT2D eigenvalue weighted by molar-refractivity contribution is 6.28. The zero-order valence-electron chi connectivity index (χ0n) is 9.91. The molecule has 94 valence electrons. The molecule has 0 radical (unpaired) electrons. The number of hydrogen-bond donors (Lipinski definition) is 3. The molecule has 0 unspecified atom stereocenters. The molecule has 0 atom stereocenters. The van der Waals surface area contributed by atoms with E-state index >= 15 is 0 Å². The van der Waals surface area contributed by atoms with Crippen molar-refractivity contribution >= 4 is 29.4 Å². The van der Waals surface area contributed by atoms with E-state index in [0.717, 1.165) is 0 Å². The van der Waals surface area contributed by atoms with Gasteiger partial charge >= 0.3 is 0 Å². The van der Waals surface area contributed by atoms with Gasteiger partial charge in [0.2, 0.25) is 23.1 Å². The van der Waals surface area contributed by atoms with Gasteiger partial charge in [-0.3, -0.25) is 4.79 Å². The van der Waals surface area contributed by atoms with Crippen molar-refractivity contribution in [2.75, 3.05) is 24.6 Å². The van der Waals surface area contributed by atoms with Crippen molar-refractivity contribution in [3.05, 3.63) is 5.28 Å². The predicted molar refractivity (Wildman–Crippen MR) is 65.6 cm³/mol. The zero-order valence-corrected chi connectivity index (χ0v) is 10.7. The first kappa shape index (κ1) is 13.4. The summed E-state index contributed by atoms with van der Waals surface area (Å²) in [5, 5.41) is 5.49. The molecule has 1 rings (SSSR count). The van der Waals surface area contributed by atoms with Crippen LogP contribution in [-0.2, 0) is 4.79 Å². The van der Waals surface area contributed by atoms with E-state index in [9.17, 15) is 4.79 Å². The van der Waals surface area contributed by atoms with E-state index in [1.54, 1.807) is 20.9 Å². The van der Waals surface area contributed by atoms with Gasteiger partial charge in [-0.05, 0) is 25.4 Å². The van der Waals surface area contributed by atoms with Crippen molar-refractivity contribution in [2.24, 2.45) is 5.41 Å². The van der Waals surface area contributed by atoms with Crippen molar-refractivity contribution in [1.82, 2.24) is 20.3 Å². The topological polar surface area (TPSA) is 106 Å². The van der Waals surface area contributed by atoms with Gasteiger partial charge in [-0.25, -0.2) is 0 Å². The molecule has 7 nitrogen and oxygen atoms in total. The smallest absolute Gasteiger partial charge is 0.228 e. The van der Waals surface area contributed by atoms with Crippen LogP contribution >= 0.6 is 11.6 Å². The number of nitrogens with two attached hydrogens (primary N) is 1. The van der Waals surface area contributed by atoms with Crippen LogP contribution in [0.25, 0.3) is 0 Å². The van der Waals surface area contributed by atoms with Gasteiger partial charge in [0.15, 0.2) is 0 Å². The third-order valence-electron chi connectivity index (χ3n) is 2.16. The van der Waals surface area contributed by atoms with Crippen molar-refractivity contribution < 1.29 is 4.79 Å². The van der Waals surface area contributed by atoms with Crippen LogP contribution in [0.15, 0.2) is 0 Å². The van der Waals surface area contributed by atoms with Crippen molar-refractivity contribution in [3.8, 4) is 0 Å². The quantitative estimate of drug-likeness (QED) is 0.717. The number of nitrogen functional groups attached to an aromatic ring is 1. The first-order valence-electron chi connectivity index (χ1n) is 4.98. The van der Waals surface area contributed by atoms with Gasteiger partial charge in [0, 0.05) is 13.6 Å². The van der Waals surface area contributed by atoms with Crippen LogP contribution in [0.3, 0.4) is 0 Å². The van der Waals surface area contributed by atoms with E-state index in [1.165, 1.54) is 0 Å². The maximum Gasteiger partial charge on any atom is 0.228 e. The van der Waals surface area contributed by atoms with Crippen LogP contribution in [0.2, 0.25) is 5.28 Å². The Morgan fingerprint density at radius 3 is 2.59 bits per heavy atom. The molecular weight excluding hydrogens is 244 g/mol. The molecule has 8 heteroatoms. The number of nitrogens with one attached hydrogen (secondary N) is 2. The molecule has 0 aromatic carbocycles. The molecule has 0 aliphatic carbocycles. The van der Waals surface area contributed by atoms with Crippen LogP contribution in [-0.4, -0.2) is 34.5 Å². The Hall–Kier alpha value is -1.63. The standard InChI is InChI=1S/C9H15ClN6O/c1-9(2,5(17)12-3)4-13-8-15-6(10)14-7(11)16-8/h4H2,1-3H3,(H,12,17)(H3,11,13,14,15,16). The molecule has 0 fully saturated rings. The number of hydrogen-bond acceptors (Lipinski definition) is 6. The SMILES string of the molecule is CNC(=O)C(C)(C)CNc1nc(N)nc(Cl)n1. The lowest BCUT2D eigenvalue weighted by Crippen LogP contribution is -2.39. The highest BCUT2D eigenvalue weighted by atomic mass is 35.5. The molecule has 0 saturated heterocycles. The highest BCUT2D eigenvalue weighted by Crippen LogP contribution is 2.16. The Bertz CT molecular complexity index is 402. The fourth-order valence-corrected chi connectivity index (χ4v) is 1.33. The molecule has 4 N–H and O–H groups in total. The second-order valence-electron chi connectivity index (χ2n) is 4.10. The van der Waals surface area contributed by atoms with Crippen molar-refractivity contribution in [1.29, 1.82) is 0 Å². The van der Waals surface area contributed by atoms with Gasteiger partial charge in [0.25, 0.3) is 0 Å². The summed E-state index contributed by atoms with van der Waals surface area (Å²) in [7, 11) is 1.59. The third kappa shape index (κ3) is 3.70. The molecule has 1 aromatic rings. The van der Waals surface area contributed by atoms with Crippen LogP contribution in [0.4, 0.5) is 11.9 Å². The normalized spacial score (nSPS) is 11.1. The minimum atomic E-state index is -0.595. The average Bonchev–Trinajstić information content (AvgIpc) is 2.24. The highest BCUT2D eigenvalue weighted by Gasteiger charge is 2.26. The second-order valence-corrected chi connectivity index (χ2v) is 4.44. The fraction of sp³-hybridized carbons (Fsp3) is 0.556. The summed E-state index contributed by atoms with van der Waals surface area (Å²) >= 11 is 5.63. The van der Waals surface area contributed by atoms with Gasteiger partial charge in [0.05, 0.1) is 5.41 Å². The minimum absolute atomic E-state index is 0.0118. The maximum absolute atomic E-state index is 11.5. The molecule has 0 spiro atoms. The molecule has 1 aromatic heterocycles. The van der Waals surface area contributed by atoms with E-state index < -0.39 is 5.41 Å². The van der Waals surface area contributed by atoms with Crippen LogP contribution in [0.1, 0.15) is 13.8 Å². The molecule has 0 saturated carbocycles. The van der Waals surface area contributed by atoms with Crippen molar-refractivity contribution in [3.63, 3.8) is 0 Å². The first-order valence-corrected chi connectivity index (χ1v) is 5.36. The summed E-state index contributed by atoms with van der Waals surface area (Å²) < 4.78 is 0. The third-order valence-corrected chi connectivity index (χ3v) is 2.32. The summed E-state index contributed by atoms with van der Waals surface area (Å²) in [6.07, 6.45) is 0. The Balaban J connectivity index is 2.70. The summed E-state index contributed by atoms with van der Waals surface area (Å²) in [5.41, 5.74) is 4.82. The lowest BCUT2D eigenvalue weighted by Gasteiger charge is -2.22. The first-order chi connectivity index (χ1) is 7.85. The number of carbonyl (C=O) groups excluding carboxylic acids is 1. The van der Waals surface area contributed by atoms with Crippen LogP contribution in [0.5, 0.6) is 0 Å². The number of halogens is 1. The summed E-state index contributed by atoms with van der Waals surface area (Å²) in [5.74, 6) is 0.197. The summed E-state index contributed by atoms with van der Waals surface area (Å²) in [6, 6.07) is 0. The molecule has 0 bridgehead atoms. The van der Waals surface area contributed by atoms with Gasteiger partial charge in [-0.1, -0.05) is 0 Å². The Labute approximate surface area is 104 Å². The maximum atomic E-state index is 11.5. The Kier molecular flexibility index (Phi) is 4.06. The van der Waals surface area contributed by atoms with Gasteiger partial charge in [-0.15, -0.1) is 0 Å². The minimum Gasteiger partial charge on any atom is -0.368 e. The Morgan fingerprint density at radius 1 is 1.41 bits per heavy atom. The molecule has 0 aliphatic rings. The van der Waals surface area contributed by atoms with Crippen LogP contribution in [0, 0.1) is 5.41 Å². The molecular formula is C9H15ClN6O. The average molecular weight is 259 g/mol. The summed E-state index contributed by atoms with van der Waals surface area (Å²) in [6.45, 7) is 3.95. The van der Waals surface area contributed by atoms with Gasteiger partial charge in [0.1, 0.15) is 0 Å². The van der Waals surface area contributed by atoms with E-state index in [1.807, 2.05) is 0 Å². The zero-order chi connectivity index (χ0) is 13.1. The van der Waals surface area contributed by atoms with E-state index in [-0.39, 0.29) is 23.1 Å². The molecule has 1 heterocycles. The molecule has 0 aliphatic heterocycles. The van der Waals surface area contributed by atoms with E-state index in [0.29, 0.717) is 6.54 Å². The number of nitrogens with zero attached hydrogens (tertiary/aromatic N) is 3. The van der Waals surface area contributed by atoms with Gasteiger partial charge < -0.3 is 16.4 Å². The lowest BCUT2D eigenvalue weighted by atomic mass is 9.92. The monoisotopic (exact) mass is 258 g/mol. The number of aromatic nitrogens is 3.